The minimum absolute atomic E-state index is 0.185. The van der Waals surface area contributed by atoms with Gasteiger partial charge >= 0.3 is 0 Å². The van der Waals surface area contributed by atoms with Crippen LogP contribution >= 0.6 is 12.2 Å². The van der Waals surface area contributed by atoms with E-state index in [1.807, 2.05) is 60.7 Å². The van der Waals surface area contributed by atoms with Crippen molar-refractivity contribution in [3.63, 3.8) is 0 Å². The first-order valence-corrected chi connectivity index (χ1v) is 14.8. The Labute approximate surface area is 257 Å². The van der Waals surface area contributed by atoms with E-state index in [1.54, 1.807) is 12.1 Å². The molecule has 0 saturated carbocycles. The van der Waals surface area contributed by atoms with Gasteiger partial charge in [0, 0.05) is 64.5 Å². The Morgan fingerprint density at radius 2 is 1.44 bits per heavy atom. The lowest BCUT2D eigenvalue weighted by atomic mass is 9.74. The zero-order valence-corrected chi connectivity index (χ0v) is 25.7. The molecule has 0 bridgehead atoms. The van der Waals surface area contributed by atoms with Crippen molar-refractivity contribution in [1.29, 1.82) is 0 Å². The molecule has 220 valence electrons. The maximum Gasteiger partial charge on any atom is 0.274 e. The summed E-state index contributed by atoms with van der Waals surface area (Å²) in [5.41, 5.74) is 10.2. The average Bonchev–Trinajstić information content (AvgIpc) is 3.24. The van der Waals surface area contributed by atoms with Gasteiger partial charge < -0.3 is 25.4 Å². The summed E-state index contributed by atoms with van der Waals surface area (Å²) < 4.78 is 12.0. The number of hydrogen-bond donors (Lipinski definition) is 4. The van der Waals surface area contributed by atoms with Crippen molar-refractivity contribution >= 4 is 40.3 Å². The molecule has 0 radical (unpaired) electrons. The number of rotatable bonds is 7. The van der Waals surface area contributed by atoms with Crippen molar-refractivity contribution in [2.24, 2.45) is 0 Å². The minimum Gasteiger partial charge on any atom is -0.497 e. The second kappa shape index (κ2) is 11.1. The molecule has 1 spiro atoms. The maximum absolute atomic E-state index is 14.4. The molecule has 0 atom stereocenters. The largest absolute Gasteiger partial charge is 0.497 e. The highest BCUT2D eigenvalue weighted by molar-refractivity contribution is 7.80. The summed E-state index contributed by atoms with van der Waals surface area (Å²) in [6.07, 6.45) is 0. The number of nitrogens with one attached hydrogen (secondary N) is 4. The summed E-state index contributed by atoms with van der Waals surface area (Å²) in [6.45, 7) is 9.80. The Hall–Kier alpha value is -4.76. The van der Waals surface area contributed by atoms with Crippen molar-refractivity contribution in [2.45, 2.75) is 33.2 Å². The third kappa shape index (κ3) is 4.60. The summed E-state index contributed by atoms with van der Waals surface area (Å²) >= 11 is 5.81. The van der Waals surface area contributed by atoms with Crippen LogP contribution in [-0.2, 0) is 5.54 Å². The fraction of sp³-hybridized carbons (Fsp3) is 0.235. The fourth-order valence-electron chi connectivity index (χ4n) is 6.11. The molecule has 0 aliphatic carbocycles. The van der Waals surface area contributed by atoms with Crippen LogP contribution in [-0.4, -0.2) is 36.2 Å². The van der Waals surface area contributed by atoms with E-state index in [0.717, 1.165) is 63.7 Å². The molecule has 4 N–H and O–H groups in total. The Balaban J connectivity index is 1.56. The van der Waals surface area contributed by atoms with Gasteiger partial charge in [-0.1, -0.05) is 18.2 Å². The molecular weight excluding hydrogens is 558 g/mol. The summed E-state index contributed by atoms with van der Waals surface area (Å²) in [7, 11) is 1.63. The van der Waals surface area contributed by atoms with E-state index in [0.29, 0.717) is 17.1 Å². The molecule has 4 aromatic carbocycles. The summed E-state index contributed by atoms with van der Waals surface area (Å²) in [5, 5.41) is 12.1. The average molecular weight is 594 g/mol. The number of carbonyl (C=O) groups is 1. The number of hydrazine groups is 1. The molecule has 0 aromatic heterocycles. The Bertz CT molecular complexity index is 1680. The van der Waals surface area contributed by atoms with Crippen LogP contribution in [0.15, 0.2) is 72.8 Å². The van der Waals surface area contributed by atoms with Crippen molar-refractivity contribution in [2.75, 3.05) is 36.1 Å². The van der Waals surface area contributed by atoms with Gasteiger partial charge in [0.2, 0.25) is 0 Å². The molecule has 2 aliphatic rings. The quantitative estimate of drug-likeness (QED) is 0.172. The van der Waals surface area contributed by atoms with Crippen LogP contribution in [0.25, 0.3) is 0 Å². The van der Waals surface area contributed by atoms with E-state index in [2.05, 4.69) is 61.2 Å². The van der Waals surface area contributed by atoms with Crippen molar-refractivity contribution in [3.05, 3.63) is 106 Å². The van der Waals surface area contributed by atoms with Gasteiger partial charge in [0.05, 0.1) is 7.11 Å². The number of methoxy groups -OCH3 is 1. The van der Waals surface area contributed by atoms with Crippen LogP contribution in [0.1, 0.15) is 52.0 Å². The first-order valence-electron chi connectivity index (χ1n) is 14.4. The van der Waals surface area contributed by atoms with Gasteiger partial charge in [0.15, 0.2) is 5.11 Å². The Kier molecular flexibility index (Phi) is 7.35. The van der Waals surface area contributed by atoms with E-state index < -0.39 is 5.54 Å². The molecule has 2 heterocycles. The monoisotopic (exact) mass is 593 g/mol. The van der Waals surface area contributed by atoms with Gasteiger partial charge in [0.25, 0.3) is 5.91 Å². The van der Waals surface area contributed by atoms with Crippen LogP contribution in [0, 0.1) is 13.8 Å². The molecule has 9 heteroatoms. The molecule has 0 fully saturated rings. The Morgan fingerprint density at radius 1 is 0.860 bits per heavy atom. The van der Waals surface area contributed by atoms with Crippen LogP contribution in [0.3, 0.4) is 0 Å². The maximum atomic E-state index is 14.4. The molecule has 8 nitrogen and oxygen atoms in total. The second-order valence-corrected chi connectivity index (χ2v) is 11.1. The fourth-order valence-corrected chi connectivity index (χ4v) is 6.32. The van der Waals surface area contributed by atoms with Gasteiger partial charge in [-0.3, -0.25) is 10.2 Å². The smallest absolute Gasteiger partial charge is 0.274 e. The lowest BCUT2D eigenvalue weighted by molar-refractivity contribution is 0.0595. The third-order valence-corrected chi connectivity index (χ3v) is 8.23. The first-order chi connectivity index (χ1) is 20.8. The molecule has 43 heavy (non-hydrogen) atoms. The predicted octanol–water partition coefficient (Wildman–Crippen LogP) is 6.93. The van der Waals surface area contributed by atoms with Crippen molar-refractivity contribution < 1.29 is 14.3 Å². The van der Waals surface area contributed by atoms with Gasteiger partial charge in [-0.25, -0.2) is 5.01 Å². The zero-order chi connectivity index (χ0) is 30.3. The molecule has 0 saturated heterocycles. The normalized spacial score (nSPS) is 13.9. The highest BCUT2D eigenvalue weighted by atomic mass is 32.1. The third-order valence-electron chi connectivity index (χ3n) is 8.03. The number of aryl methyl sites for hydroxylation is 2. The number of nitrogens with zero attached hydrogens (tertiary/aromatic N) is 1. The van der Waals surface area contributed by atoms with Crippen LogP contribution in [0.2, 0.25) is 0 Å². The highest BCUT2D eigenvalue weighted by Gasteiger charge is 2.57. The summed E-state index contributed by atoms with van der Waals surface area (Å²) in [5.74, 6) is 1.90. The SMILES string of the molecule is CCNc1cc2c(cc1C)C1(c3cc(C)c(NCC)cc3O2)c2ccccc2C(=O)N1NC(=S)Nc1ccc(OC)cc1. The number of fused-ring (bicyclic) bond motifs is 6. The zero-order valence-electron chi connectivity index (χ0n) is 24.9. The summed E-state index contributed by atoms with van der Waals surface area (Å²) in [6, 6.07) is 23.5. The van der Waals surface area contributed by atoms with Crippen molar-refractivity contribution in [3.8, 4) is 17.2 Å². The number of benzene rings is 4. The number of amides is 1. The number of hydrogen-bond acceptors (Lipinski definition) is 6. The lowest BCUT2D eigenvalue weighted by Crippen LogP contribution is -2.56. The molecule has 4 aromatic rings. The molecule has 6 rings (SSSR count). The molecular formula is C34H35N5O3S. The molecule has 1 amide bonds. The predicted molar refractivity (Wildman–Crippen MR) is 176 cm³/mol. The number of ether oxygens (including phenoxy) is 2. The van der Waals surface area contributed by atoms with Gasteiger partial charge in [-0.15, -0.1) is 0 Å². The van der Waals surface area contributed by atoms with Gasteiger partial charge in [-0.2, -0.15) is 0 Å². The van der Waals surface area contributed by atoms with Gasteiger partial charge in [0.1, 0.15) is 22.8 Å². The minimum atomic E-state index is -1.06. The van der Waals surface area contributed by atoms with E-state index in [1.165, 1.54) is 0 Å². The second-order valence-electron chi connectivity index (χ2n) is 10.7. The van der Waals surface area contributed by atoms with E-state index in [-0.39, 0.29) is 11.0 Å². The van der Waals surface area contributed by atoms with Crippen LogP contribution < -0.4 is 30.8 Å². The van der Waals surface area contributed by atoms with E-state index in [9.17, 15) is 4.79 Å². The first kappa shape index (κ1) is 28.4. The standard InChI is InChI=1S/C34H35N5O3S/c1-6-35-28-18-30-26(16-20(28)3)34(27-17-21(4)29(36-7-2)19-31(27)42-30)25-11-9-8-10-24(25)32(40)39(34)38-33(43)37-22-12-14-23(41-5)15-13-22/h8-19,35-36H,6-7H2,1-5H3,(H2,37,38,43). The van der Waals surface area contributed by atoms with E-state index in [4.69, 9.17) is 21.7 Å². The van der Waals surface area contributed by atoms with Crippen LogP contribution in [0.5, 0.6) is 17.2 Å². The highest BCUT2D eigenvalue weighted by Crippen LogP contribution is 2.58. The topological polar surface area (TPSA) is 86.9 Å². The van der Waals surface area contributed by atoms with E-state index >= 15 is 0 Å². The molecule has 2 aliphatic heterocycles. The number of thiocarbonyl (C=S) groups is 1. The lowest BCUT2D eigenvalue weighted by Gasteiger charge is -2.44. The molecule has 0 unspecified atom stereocenters. The Morgan fingerprint density at radius 3 is 2.00 bits per heavy atom. The number of anilines is 3. The summed E-state index contributed by atoms with van der Waals surface area (Å²) in [4.78, 5) is 14.4. The van der Waals surface area contributed by atoms with Crippen molar-refractivity contribution in [1.82, 2.24) is 10.4 Å². The number of carbonyl (C=O) groups excluding carboxylic acids is 1. The van der Waals surface area contributed by atoms with Gasteiger partial charge in [-0.05, 0) is 93.5 Å². The van der Waals surface area contributed by atoms with Crippen LogP contribution in [0.4, 0.5) is 17.1 Å².